The molecule has 0 spiro atoms. The molecule has 0 aromatic carbocycles. The lowest BCUT2D eigenvalue weighted by Crippen LogP contribution is -2.37. The molecular formula is C34H63NO8P+. The molecule has 0 aromatic rings. The van der Waals surface area contributed by atoms with Crippen LogP contribution < -0.4 is 0 Å². The van der Waals surface area contributed by atoms with E-state index in [9.17, 15) is 19.0 Å². The lowest BCUT2D eigenvalue weighted by molar-refractivity contribution is -0.870. The van der Waals surface area contributed by atoms with Gasteiger partial charge in [-0.3, -0.25) is 18.6 Å². The molecule has 0 aliphatic carbocycles. The molecular weight excluding hydrogens is 581 g/mol. The smallest absolute Gasteiger partial charge is 0.462 e. The van der Waals surface area contributed by atoms with E-state index >= 15 is 0 Å². The van der Waals surface area contributed by atoms with Crippen molar-refractivity contribution in [3.05, 3.63) is 36.5 Å². The third-order valence-corrected chi connectivity index (χ3v) is 7.67. The number of hydrogen-bond donors (Lipinski definition) is 1. The first-order valence-corrected chi connectivity index (χ1v) is 18.2. The van der Waals surface area contributed by atoms with Gasteiger partial charge in [0.15, 0.2) is 6.10 Å². The number of allylic oxidation sites excluding steroid dienone is 6. The average Bonchev–Trinajstić information content (AvgIpc) is 2.95. The lowest BCUT2D eigenvalue weighted by Gasteiger charge is -2.24. The zero-order valence-electron chi connectivity index (χ0n) is 28.4. The van der Waals surface area contributed by atoms with Crippen LogP contribution in [0.3, 0.4) is 0 Å². The Morgan fingerprint density at radius 1 is 0.727 bits per heavy atom. The molecule has 0 aliphatic rings. The molecule has 0 fully saturated rings. The van der Waals surface area contributed by atoms with Gasteiger partial charge in [0.05, 0.1) is 27.7 Å². The van der Waals surface area contributed by atoms with Crippen molar-refractivity contribution >= 4 is 19.8 Å². The van der Waals surface area contributed by atoms with E-state index in [1.165, 1.54) is 25.7 Å². The molecule has 0 saturated heterocycles. The summed E-state index contributed by atoms with van der Waals surface area (Å²) in [6.45, 7) is 4.18. The number of quaternary nitrogens is 1. The monoisotopic (exact) mass is 644 g/mol. The van der Waals surface area contributed by atoms with Crippen LogP contribution in [0.4, 0.5) is 0 Å². The van der Waals surface area contributed by atoms with Crippen molar-refractivity contribution in [2.75, 3.05) is 47.5 Å². The fraction of sp³-hybridized carbons (Fsp3) is 0.765. The highest BCUT2D eigenvalue weighted by Gasteiger charge is 2.27. The van der Waals surface area contributed by atoms with Gasteiger partial charge in [-0.15, -0.1) is 0 Å². The van der Waals surface area contributed by atoms with Crippen LogP contribution in [0, 0.1) is 0 Å². The Labute approximate surface area is 268 Å². The number of nitrogens with zero attached hydrogens (tertiary/aromatic N) is 1. The van der Waals surface area contributed by atoms with E-state index < -0.39 is 26.5 Å². The Morgan fingerprint density at radius 2 is 1.30 bits per heavy atom. The summed E-state index contributed by atoms with van der Waals surface area (Å²) in [7, 11) is 1.45. The second-order valence-corrected chi connectivity index (χ2v) is 13.6. The third kappa shape index (κ3) is 30.3. The van der Waals surface area contributed by atoms with E-state index in [-0.39, 0.29) is 32.0 Å². The zero-order chi connectivity index (χ0) is 32.9. The number of hydrogen-bond acceptors (Lipinski definition) is 7. The molecule has 44 heavy (non-hydrogen) atoms. The first-order valence-electron chi connectivity index (χ1n) is 16.7. The van der Waals surface area contributed by atoms with Crippen LogP contribution in [0.1, 0.15) is 117 Å². The van der Waals surface area contributed by atoms with Gasteiger partial charge in [0.2, 0.25) is 0 Å². The van der Waals surface area contributed by atoms with Gasteiger partial charge < -0.3 is 18.9 Å². The Hall–Kier alpha value is -1.77. The van der Waals surface area contributed by atoms with Crippen LogP contribution in [0.2, 0.25) is 0 Å². The summed E-state index contributed by atoms with van der Waals surface area (Å²) < 4.78 is 33.9. The number of likely N-dealkylation sites (N-methyl/N-ethyl adjacent to an activating group) is 1. The first kappa shape index (κ1) is 42.2. The lowest BCUT2D eigenvalue weighted by atomic mass is 10.1. The van der Waals surface area contributed by atoms with E-state index in [4.69, 9.17) is 18.5 Å². The summed E-state index contributed by atoms with van der Waals surface area (Å²) in [5.74, 6) is -0.846. The minimum atomic E-state index is -4.36. The topological polar surface area (TPSA) is 108 Å². The van der Waals surface area contributed by atoms with Crippen molar-refractivity contribution in [1.82, 2.24) is 0 Å². The number of carbonyl (C=O) groups is 2. The molecule has 2 unspecified atom stereocenters. The zero-order valence-corrected chi connectivity index (χ0v) is 29.3. The highest BCUT2D eigenvalue weighted by molar-refractivity contribution is 7.47. The summed E-state index contributed by atoms with van der Waals surface area (Å²) in [4.78, 5) is 34.9. The SMILES string of the molecule is CC/C=C\C/C=C\C/C=C\CCCCCC(=O)OC(COC(=O)CCCCCCCCC)COP(=O)(O)OCC[N+](C)(C)C. The number of unbranched alkanes of at least 4 members (excludes halogenated alkanes) is 9. The fourth-order valence-corrected chi connectivity index (χ4v) is 4.77. The first-order chi connectivity index (χ1) is 21.0. The molecule has 0 aliphatic heterocycles. The average molecular weight is 645 g/mol. The number of rotatable bonds is 29. The molecule has 0 rings (SSSR count). The number of ether oxygens (including phenoxy) is 2. The van der Waals surface area contributed by atoms with Crippen LogP contribution >= 0.6 is 7.82 Å². The van der Waals surface area contributed by atoms with Crippen molar-refractivity contribution in [3.8, 4) is 0 Å². The van der Waals surface area contributed by atoms with Gasteiger partial charge in [-0.2, -0.15) is 0 Å². The molecule has 10 heteroatoms. The molecule has 256 valence electrons. The van der Waals surface area contributed by atoms with E-state index in [0.717, 1.165) is 57.8 Å². The quantitative estimate of drug-likeness (QED) is 0.0285. The Morgan fingerprint density at radius 3 is 1.93 bits per heavy atom. The predicted molar refractivity (Wildman–Crippen MR) is 178 cm³/mol. The number of phosphoric ester groups is 1. The maximum absolute atomic E-state index is 12.5. The van der Waals surface area contributed by atoms with Crippen LogP contribution in [-0.2, 0) is 32.7 Å². The molecule has 1 N–H and O–H groups in total. The van der Waals surface area contributed by atoms with Crippen molar-refractivity contribution in [2.24, 2.45) is 0 Å². The van der Waals surface area contributed by atoms with E-state index in [1.54, 1.807) is 0 Å². The number of phosphoric acid groups is 1. The second-order valence-electron chi connectivity index (χ2n) is 12.2. The van der Waals surface area contributed by atoms with Crippen molar-refractivity contribution in [3.63, 3.8) is 0 Å². The molecule has 0 saturated carbocycles. The fourth-order valence-electron chi connectivity index (χ4n) is 4.02. The summed E-state index contributed by atoms with van der Waals surface area (Å²) in [5, 5.41) is 0. The van der Waals surface area contributed by atoms with Crippen LogP contribution in [0.5, 0.6) is 0 Å². The van der Waals surface area contributed by atoms with E-state index in [0.29, 0.717) is 17.4 Å². The van der Waals surface area contributed by atoms with Crippen molar-refractivity contribution < 1.29 is 42.1 Å². The normalized spacial score (nSPS) is 14.4. The summed E-state index contributed by atoms with van der Waals surface area (Å²) in [6, 6.07) is 0. The summed E-state index contributed by atoms with van der Waals surface area (Å²) in [6.07, 6.45) is 26.5. The standard InChI is InChI=1S/C34H62NO8P/c1-6-8-10-12-14-15-16-17-18-19-21-23-25-27-34(37)43-32(31-42-44(38,39)41-29-28-35(3,4)5)30-40-33(36)26-24-22-20-13-11-9-7-2/h8,10,14-15,17-18,32H,6-7,9,11-13,16,19-31H2,1-5H3/p+1/b10-8-,15-14-,18-17-. The van der Waals surface area contributed by atoms with Gasteiger partial charge in [0, 0.05) is 12.8 Å². The number of carbonyl (C=O) groups excluding carboxylic acids is 2. The summed E-state index contributed by atoms with van der Waals surface area (Å²) >= 11 is 0. The van der Waals surface area contributed by atoms with Crippen LogP contribution in [-0.4, -0.2) is 74.9 Å². The minimum absolute atomic E-state index is 0.0255. The van der Waals surface area contributed by atoms with Gasteiger partial charge in [-0.1, -0.05) is 95.2 Å². The van der Waals surface area contributed by atoms with Crippen molar-refractivity contribution in [2.45, 2.75) is 123 Å². The van der Waals surface area contributed by atoms with Gasteiger partial charge in [-0.25, -0.2) is 4.57 Å². The largest absolute Gasteiger partial charge is 0.472 e. The second kappa shape index (κ2) is 27.5. The maximum Gasteiger partial charge on any atom is 0.472 e. The third-order valence-electron chi connectivity index (χ3n) is 6.68. The van der Waals surface area contributed by atoms with Gasteiger partial charge >= 0.3 is 19.8 Å². The van der Waals surface area contributed by atoms with Crippen LogP contribution in [0.15, 0.2) is 36.5 Å². The molecule has 0 amide bonds. The Kier molecular flexibility index (Phi) is 26.4. The Balaban J connectivity index is 4.56. The number of esters is 2. The highest BCUT2D eigenvalue weighted by Crippen LogP contribution is 2.43. The molecule has 0 radical (unpaired) electrons. The molecule has 0 bridgehead atoms. The molecule has 9 nitrogen and oxygen atoms in total. The molecule has 0 aromatic heterocycles. The van der Waals surface area contributed by atoms with Gasteiger partial charge in [-0.05, 0) is 44.9 Å². The van der Waals surface area contributed by atoms with Gasteiger partial charge in [0.1, 0.15) is 19.8 Å². The maximum atomic E-state index is 12.5. The van der Waals surface area contributed by atoms with E-state index in [1.807, 2.05) is 21.1 Å². The van der Waals surface area contributed by atoms with E-state index in [2.05, 4.69) is 50.3 Å². The van der Waals surface area contributed by atoms with Crippen molar-refractivity contribution in [1.29, 1.82) is 0 Å². The molecule has 2 atom stereocenters. The highest BCUT2D eigenvalue weighted by atomic mass is 31.2. The Bertz CT molecular complexity index is 866. The predicted octanol–water partition coefficient (Wildman–Crippen LogP) is 8.23. The minimum Gasteiger partial charge on any atom is -0.462 e. The summed E-state index contributed by atoms with van der Waals surface area (Å²) in [5.41, 5.74) is 0. The molecule has 0 heterocycles. The van der Waals surface area contributed by atoms with Gasteiger partial charge in [0.25, 0.3) is 0 Å². The van der Waals surface area contributed by atoms with Crippen LogP contribution in [0.25, 0.3) is 0 Å².